The van der Waals surface area contributed by atoms with Crippen LogP contribution in [0.4, 0.5) is 0 Å². The average molecular weight is 304 g/mol. The monoisotopic (exact) mass is 304 g/mol. The lowest BCUT2D eigenvalue weighted by Gasteiger charge is -2.36. The predicted octanol–water partition coefficient (Wildman–Crippen LogP) is 5.12. The molecule has 0 fully saturated rings. The van der Waals surface area contributed by atoms with Crippen LogP contribution in [0.25, 0.3) is 0 Å². The first-order valence-corrected chi connectivity index (χ1v) is 7.96. The average Bonchev–Trinajstić information content (AvgIpc) is 2.96. The summed E-state index contributed by atoms with van der Waals surface area (Å²) in [6.07, 6.45) is 0. The van der Waals surface area contributed by atoms with Crippen LogP contribution in [0, 0.1) is 0 Å². The Kier molecular flexibility index (Phi) is 2.46. The van der Waals surface area contributed by atoms with Crippen LogP contribution in [-0.2, 0) is 9.78 Å². The van der Waals surface area contributed by atoms with Gasteiger partial charge in [0.25, 0.3) is 0 Å². The molecule has 3 aromatic rings. The normalized spacial score (nSPS) is 16.5. The second-order valence-electron chi connectivity index (χ2n) is 5.44. The summed E-state index contributed by atoms with van der Waals surface area (Å²) < 4.78 is 12.4. The summed E-state index contributed by atoms with van der Waals surface area (Å²) in [5, 5.41) is 0. The highest BCUT2D eigenvalue weighted by Crippen LogP contribution is 2.59. The minimum absolute atomic E-state index is 0.591. The molecule has 3 aromatic carbocycles. The van der Waals surface area contributed by atoms with Crippen molar-refractivity contribution in [3.05, 3.63) is 89.5 Å². The number of ether oxygens (including phenoxy) is 1. The Morgan fingerprint density at radius 3 is 1.86 bits per heavy atom. The van der Waals surface area contributed by atoms with E-state index in [1.807, 2.05) is 42.5 Å². The van der Waals surface area contributed by atoms with Gasteiger partial charge in [-0.15, -0.1) is 0 Å². The van der Waals surface area contributed by atoms with Gasteiger partial charge in [-0.05, 0) is 18.2 Å². The zero-order chi connectivity index (χ0) is 14.6. The summed E-state index contributed by atoms with van der Waals surface area (Å²) in [7, 11) is 0. The molecular formula is C19H12O2S. The topological polar surface area (TPSA) is 18.5 Å². The van der Waals surface area contributed by atoms with Crippen molar-refractivity contribution >= 4 is 12.0 Å². The van der Waals surface area contributed by atoms with Crippen molar-refractivity contribution in [3.8, 4) is 11.5 Å². The smallest absolute Gasteiger partial charge is 0.167 e. The molecular weight excluding hydrogens is 292 g/mol. The quantitative estimate of drug-likeness (QED) is 0.537. The van der Waals surface area contributed by atoms with Crippen molar-refractivity contribution in [3.63, 3.8) is 0 Å². The Balaban J connectivity index is 1.91. The fourth-order valence-corrected chi connectivity index (χ4v) is 4.24. The van der Waals surface area contributed by atoms with E-state index in [1.54, 1.807) is 0 Å². The molecule has 2 aliphatic heterocycles. The lowest BCUT2D eigenvalue weighted by Crippen LogP contribution is -2.31. The Morgan fingerprint density at radius 1 is 0.636 bits per heavy atom. The number of fused-ring (bicyclic) bond motifs is 6. The number of hydrogen-bond donors (Lipinski definition) is 0. The first-order valence-electron chi connectivity index (χ1n) is 7.22. The third-order valence-electron chi connectivity index (χ3n) is 4.28. The fourth-order valence-electron chi connectivity index (χ4n) is 3.32. The molecule has 0 unspecified atom stereocenters. The van der Waals surface area contributed by atoms with Gasteiger partial charge >= 0.3 is 0 Å². The molecule has 5 rings (SSSR count). The third kappa shape index (κ3) is 1.45. The largest absolute Gasteiger partial charge is 0.457 e. The number of benzene rings is 3. The molecule has 106 valence electrons. The second kappa shape index (κ2) is 4.38. The van der Waals surface area contributed by atoms with Crippen molar-refractivity contribution in [2.45, 2.75) is 10.5 Å². The van der Waals surface area contributed by atoms with Gasteiger partial charge in [-0.25, -0.2) is 0 Å². The summed E-state index contributed by atoms with van der Waals surface area (Å²) in [5.74, 6) is 1.72. The number of rotatable bonds is 0. The van der Waals surface area contributed by atoms with E-state index < -0.39 is 5.60 Å². The maximum absolute atomic E-state index is 6.34. The van der Waals surface area contributed by atoms with Gasteiger partial charge in [0.1, 0.15) is 11.5 Å². The molecule has 3 heteroatoms. The number of hydrogen-bond acceptors (Lipinski definition) is 3. The van der Waals surface area contributed by atoms with Crippen LogP contribution < -0.4 is 4.74 Å². The fraction of sp³-hybridized carbons (Fsp3) is 0.0526. The van der Waals surface area contributed by atoms with Crippen molar-refractivity contribution in [1.29, 1.82) is 0 Å². The summed E-state index contributed by atoms with van der Waals surface area (Å²) in [4.78, 5) is 1.16. The summed E-state index contributed by atoms with van der Waals surface area (Å²) in [6, 6.07) is 24.6. The van der Waals surface area contributed by atoms with Crippen LogP contribution in [0.5, 0.6) is 11.5 Å². The van der Waals surface area contributed by atoms with E-state index in [4.69, 9.17) is 8.92 Å². The molecule has 2 nitrogen and oxygen atoms in total. The van der Waals surface area contributed by atoms with Gasteiger partial charge in [0.15, 0.2) is 5.60 Å². The summed E-state index contributed by atoms with van der Waals surface area (Å²) in [5.41, 5.74) is 2.72. The molecule has 0 amide bonds. The highest BCUT2D eigenvalue weighted by Gasteiger charge is 2.50. The first-order chi connectivity index (χ1) is 10.9. The molecule has 0 radical (unpaired) electrons. The maximum Gasteiger partial charge on any atom is 0.167 e. The zero-order valence-corrected chi connectivity index (χ0v) is 12.5. The van der Waals surface area contributed by atoms with E-state index in [1.165, 1.54) is 17.6 Å². The van der Waals surface area contributed by atoms with Crippen LogP contribution in [0.3, 0.4) is 0 Å². The van der Waals surface area contributed by atoms with Crippen LogP contribution in [-0.4, -0.2) is 0 Å². The lowest BCUT2D eigenvalue weighted by atomic mass is 9.78. The van der Waals surface area contributed by atoms with Gasteiger partial charge < -0.3 is 4.74 Å². The van der Waals surface area contributed by atoms with Crippen molar-refractivity contribution in [1.82, 2.24) is 0 Å². The zero-order valence-electron chi connectivity index (χ0n) is 11.7. The maximum atomic E-state index is 6.34. The second-order valence-corrected chi connectivity index (χ2v) is 6.21. The Labute approximate surface area is 132 Å². The van der Waals surface area contributed by atoms with Gasteiger partial charge in [-0.1, -0.05) is 54.6 Å². The Bertz CT molecular complexity index is 842. The molecule has 1 spiro atoms. The third-order valence-corrected chi connectivity index (χ3v) is 5.14. The first kappa shape index (κ1) is 12.3. The number of para-hydroxylation sites is 2. The molecule has 2 heterocycles. The summed E-state index contributed by atoms with van der Waals surface area (Å²) in [6.45, 7) is 0. The van der Waals surface area contributed by atoms with Gasteiger partial charge in [0.05, 0.1) is 0 Å². The van der Waals surface area contributed by atoms with Gasteiger partial charge in [0.2, 0.25) is 0 Å². The highest BCUT2D eigenvalue weighted by atomic mass is 32.2. The molecule has 0 aliphatic carbocycles. The van der Waals surface area contributed by atoms with Crippen molar-refractivity contribution < 1.29 is 8.92 Å². The van der Waals surface area contributed by atoms with Gasteiger partial charge in [0, 0.05) is 33.6 Å². The van der Waals surface area contributed by atoms with Crippen LogP contribution >= 0.6 is 12.0 Å². The molecule has 0 bridgehead atoms. The molecule has 0 saturated carbocycles. The van der Waals surface area contributed by atoms with E-state index in [9.17, 15) is 0 Å². The molecule has 0 atom stereocenters. The minimum Gasteiger partial charge on any atom is -0.457 e. The van der Waals surface area contributed by atoms with Gasteiger partial charge in [-0.2, -0.15) is 0 Å². The standard InChI is InChI=1S/C19H12O2S/c1-4-10-16-13(7-1)19(14-8-2-5-11-17(14)20-16)15-9-3-6-12-18(15)22-21-19/h1-12H. The predicted molar refractivity (Wildman–Crippen MR) is 86.2 cm³/mol. The Hall–Kier alpha value is -2.23. The highest BCUT2D eigenvalue weighted by molar-refractivity contribution is 7.95. The van der Waals surface area contributed by atoms with Gasteiger partial charge in [-0.3, -0.25) is 4.18 Å². The summed E-state index contributed by atoms with van der Waals surface area (Å²) >= 11 is 1.44. The van der Waals surface area contributed by atoms with E-state index in [0.717, 1.165) is 27.5 Å². The van der Waals surface area contributed by atoms with E-state index in [2.05, 4.69) is 30.3 Å². The van der Waals surface area contributed by atoms with Crippen LogP contribution in [0.15, 0.2) is 77.7 Å². The SMILES string of the molecule is c1ccc2c(c1)Oc1ccccc1C21OSc2ccccc21. The van der Waals surface area contributed by atoms with E-state index in [0.29, 0.717) is 0 Å². The molecule has 0 N–H and O–H groups in total. The Morgan fingerprint density at radius 2 is 1.18 bits per heavy atom. The minimum atomic E-state index is -0.591. The van der Waals surface area contributed by atoms with Crippen LogP contribution in [0.1, 0.15) is 16.7 Å². The van der Waals surface area contributed by atoms with Crippen molar-refractivity contribution in [2.24, 2.45) is 0 Å². The molecule has 0 aromatic heterocycles. The molecule has 2 aliphatic rings. The van der Waals surface area contributed by atoms with Crippen molar-refractivity contribution in [2.75, 3.05) is 0 Å². The molecule has 22 heavy (non-hydrogen) atoms. The van der Waals surface area contributed by atoms with E-state index >= 15 is 0 Å². The van der Waals surface area contributed by atoms with E-state index in [-0.39, 0.29) is 0 Å². The lowest BCUT2D eigenvalue weighted by molar-refractivity contribution is 0.185. The van der Waals surface area contributed by atoms with Crippen LogP contribution in [0.2, 0.25) is 0 Å². The molecule has 0 saturated heterocycles.